The van der Waals surface area contributed by atoms with Crippen LogP contribution in [0.1, 0.15) is 20.8 Å². The van der Waals surface area contributed by atoms with Gasteiger partial charge >= 0.3 is 5.97 Å². The lowest BCUT2D eigenvalue weighted by Crippen LogP contribution is -2.41. The van der Waals surface area contributed by atoms with E-state index in [-0.39, 0.29) is 0 Å². The van der Waals surface area contributed by atoms with Crippen molar-refractivity contribution in [2.75, 3.05) is 18.5 Å². The van der Waals surface area contributed by atoms with Crippen molar-refractivity contribution >= 4 is 17.6 Å². The van der Waals surface area contributed by atoms with Gasteiger partial charge in [-0.15, -0.1) is 0 Å². The maximum absolute atomic E-state index is 12.9. The van der Waals surface area contributed by atoms with Gasteiger partial charge in [-0.1, -0.05) is 0 Å². The summed E-state index contributed by atoms with van der Waals surface area (Å²) < 4.78 is 28.8. The second kappa shape index (κ2) is 9.02. The summed E-state index contributed by atoms with van der Waals surface area (Å²) in [5.41, 5.74) is -0.779. The van der Waals surface area contributed by atoms with Gasteiger partial charge in [0.05, 0.1) is 6.61 Å². The number of hydrogen-bond acceptors (Lipinski definition) is 5. The normalized spacial score (nSPS) is 10.8. The number of amides is 1. The van der Waals surface area contributed by atoms with E-state index >= 15 is 0 Å². The molecular weight excluding hydrogens is 353 g/mol. The molecular formula is C20H22FNO5. The van der Waals surface area contributed by atoms with E-state index in [4.69, 9.17) is 14.2 Å². The van der Waals surface area contributed by atoms with Crippen molar-refractivity contribution in [2.24, 2.45) is 0 Å². The fourth-order valence-corrected chi connectivity index (χ4v) is 2.14. The highest BCUT2D eigenvalue weighted by Gasteiger charge is 2.32. The molecule has 0 radical (unpaired) electrons. The lowest BCUT2D eigenvalue weighted by molar-refractivity contribution is -0.161. The first-order valence-corrected chi connectivity index (χ1v) is 8.44. The summed E-state index contributed by atoms with van der Waals surface area (Å²) in [5, 5.41) is 2.62. The zero-order chi connectivity index (χ0) is 19.9. The largest absolute Gasteiger partial charge is 0.494 e. The van der Waals surface area contributed by atoms with E-state index in [0.717, 1.165) is 0 Å². The number of esters is 1. The Balaban J connectivity index is 1.83. The maximum Gasteiger partial charge on any atom is 0.350 e. The first kappa shape index (κ1) is 20.2. The standard InChI is InChI=1S/C20H22FNO5/c1-4-25-16-11-7-15(8-12-16)22-18(23)13-26-19(24)20(2,3)27-17-9-5-14(21)6-10-17/h5-12H,4,13H2,1-3H3,(H,22,23). The quantitative estimate of drug-likeness (QED) is 0.714. The third-order valence-corrected chi connectivity index (χ3v) is 3.46. The van der Waals surface area contributed by atoms with E-state index < -0.39 is 29.9 Å². The predicted molar refractivity (Wildman–Crippen MR) is 98.3 cm³/mol. The Kier molecular flexibility index (Phi) is 6.76. The molecule has 7 heteroatoms. The molecule has 2 aromatic rings. The fraction of sp³-hybridized carbons (Fsp3) is 0.300. The van der Waals surface area contributed by atoms with Gasteiger partial charge in [0.1, 0.15) is 17.3 Å². The van der Waals surface area contributed by atoms with Gasteiger partial charge in [-0.25, -0.2) is 9.18 Å². The van der Waals surface area contributed by atoms with Gasteiger partial charge in [0.2, 0.25) is 0 Å². The molecule has 2 rings (SSSR count). The van der Waals surface area contributed by atoms with Crippen LogP contribution in [0.5, 0.6) is 11.5 Å². The Hall–Kier alpha value is -3.09. The van der Waals surface area contributed by atoms with Crippen LogP contribution in [-0.4, -0.2) is 30.7 Å². The van der Waals surface area contributed by atoms with Crippen LogP contribution in [0.15, 0.2) is 48.5 Å². The number of hydrogen-bond donors (Lipinski definition) is 1. The number of nitrogens with one attached hydrogen (secondary N) is 1. The molecule has 0 aliphatic carbocycles. The predicted octanol–water partition coefficient (Wildman–Crippen LogP) is 3.56. The van der Waals surface area contributed by atoms with Gasteiger partial charge in [-0.05, 0) is 69.3 Å². The molecule has 0 aromatic heterocycles. The molecule has 6 nitrogen and oxygen atoms in total. The lowest BCUT2D eigenvalue weighted by Gasteiger charge is -2.24. The van der Waals surface area contributed by atoms with E-state index in [0.29, 0.717) is 23.8 Å². The highest BCUT2D eigenvalue weighted by molar-refractivity contribution is 5.93. The number of rotatable bonds is 8. The van der Waals surface area contributed by atoms with Crippen molar-refractivity contribution in [2.45, 2.75) is 26.4 Å². The SMILES string of the molecule is CCOc1ccc(NC(=O)COC(=O)C(C)(C)Oc2ccc(F)cc2)cc1. The van der Waals surface area contributed by atoms with Crippen molar-refractivity contribution in [3.05, 3.63) is 54.3 Å². The van der Waals surface area contributed by atoms with Crippen molar-refractivity contribution in [3.8, 4) is 11.5 Å². The summed E-state index contributed by atoms with van der Waals surface area (Å²) in [6.07, 6.45) is 0. The van der Waals surface area contributed by atoms with Gasteiger partial charge in [0, 0.05) is 5.69 Å². The van der Waals surface area contributed by atoms with Crippen molar-refractivity contribution in [1.29, 1.82) is 0 Å². The summed E-state index contributed by atoms with van der Waals surface area (Å²) in [4.78, 5) is 24.1. The van der Waals surface area contributed by atoms with Gasteiger partial charge in [-0.3, -0.25) is 4.79 Å². The molecule has 144 valence electrons. The third-order valence-electron chi connectivity index (χ3n) is 3.46. The van der Waals surface area contributed by atoms with Gasteiger partial charge in [0.15, 0.2) is 12.2 Å². The molecule has 0 aliphatic rings. The highest BCUT2D eigenvalue weighted by atomic mass is 19.1. The molecule has 27 heavy (non-hydrogen) atoms. The molecule has 0 aliphatic heterocycles. The fourth-order valence-electron chi connectivity index (χ4n) is 2.14. The van der Waals surface area contributed by atoms with Crippen LogP contribution >= 0.6 is 0 Å². The van der Waals surface area contributed by atoms with Crippen molar-refractivity contribution < 1.29 is 28.2 Å². The van der Waals surface area contributed by atoms with Crippen LogP contribution in [0, 0.1) is 5.82 Å². The second-order valence-corrected chi connectivity index (χ2v) is 6.15. The summed E-state index contributed by atoms with van der Waals surface area (Å²) in [6, 6.07) is 12.1. The number of benzene rings is 2. The minimum absolute atomic E-state index is 0.317. The first-order chi connectivity index (χ1) is 12.8. The molecule has 0 atom stereocenters. The molecule has 0 fully saturated rings. The van der Waals surface area contributed by atoms with Crippen LogP contribution < -0.4 is 14.8 Å². The average Bonchev–Trinajstić information content (AvgIpc) is 2.63. The monoisotopic (exact) mass is 375 g/mol. The highest BCUT2D eigenvalue weighted by Crippen LogP contribution is 2.20. The number of carbonyl (C=O) groups excluding carboxylic acids is 2. The molecule has 0 bridgehead atoms. The zero-order valence-corrected chi connectivity index (χ0v) is 15.5. The van der Waals surface area contributed by atoms with Gasteiger partial charge < -0.3 is 19.5 Å². The molecule has 1 amide bonds. The average molecular weight is 375 g/mol. The maximum atomic E-state index is 12.9. The van der Waals surface area contributed by atoms with Gasteiger partial charge in [0.25, 0.3) is 5.91 Å². The Morgan fingerprint density at radius 3 is 2.19 bits per heavy atom. The van der Waals surface area contributed by atoms with Crippen molar-refractivity contribution in [1.82, 2.24) is 0 Å². The smallest absolute Gasteiger partial charge is 0.350 e. The Morgan fingerprint density at radius 1 is 1.00 bits per heavy atom. The van der Waals surface area contributed by atoms with E-state index in [1.54, 1.807) is 24.3 Å². The number of ether oxygens (including phenoxy) is 3. The topological polar surface area (TPSA) is 73.9 Å². The summed E-state index contributed by atoms with van der Waals surface area (Å²) >= 11 is 0. The lowest BCUT2D eigenvalue weighted by atomic mass is 10.1. The number of halogens is 1. The van der Waals surface area contributed by atoms with Crippen LogP contribution in [0.4, 0.5) is 10.1 Å². The number of anilines is 1. The van der Waals surface area contributed by atoms with E-state index in [1.807, 2.05) is 6.92 Å². The van der Waals surface area contributed by atoms with E-state index in [2.05, 4.69) is 5.32 Å². The van der Waals surface area contributed by atoms with Crippen LogP contribution in [-0.2, 0) is 14.3 Å². The molecule has 2 aromatic carbocycles. The second-order valence-electron chi connectivity index (χ2n) is 6.15. The molecule has 0 spiro atoms. The third kappa shape index (κ3) is 6.29. The van der Waals surface area contributed by atoms with E-state index in [1.165, 1.54) is 38.1 Å². The number of carbonyl (C=O) groups is 2. The minimum Gasteiger partial charge on any atom is -0.494 e. The molecule has 0 saturated heterocycles. The van der Waals surface area contributed by atoms with Gasteiger partial charge in [-0.2, -0.15) is 0 Å². The van der Waals surface area contributed by atoms with Crippen LogP contribution in [0.3, 0.4) is 0 Å². The van der Waals surface area contributed by atoms with E-state index in [9.17, 15) is 14.0 Å². The Labute approximate surface area is 157 Å². The minimum atomic E-state index is -1.34. The summed E-state index contributed by atoms with van der Waals surface area (Å²) in [5.74, 6) is -0.591. The zero-order valence-electron chi connectivity index (χ0n) is 15.5. The summed E-state index contributed by atoms with van der Waals surface area (Å²) in [6.45, 7) is 4.98. The first-order valence-electron chi connectivity index (χ1n) is 8.44. The molecule has 0 unspecified atom stereocenters. The van der Waals surface area contributed by atoms with Crippen LogP contribution in [0.2, 0.25) is 0 Å². The molecule has 1 N–H and O–H groups in total. The molecule has 0 heterocycles. The Morgan fingerprint density at radius 2 is 1.59 bits per heavy atom. The molecule has 0 saturated carbocycles. The van der Waals surface area contributed by atoms with Crippen LogP contribution in [0.25, 0.3) is 0 Å². The van der Waals surface area contributed by atoms with Crippen molar-refractivity contribution in [3.63, 3.8) is 0 Å². The Bertz CT molecular complexity index is 772. The summed E-state index contributed by atoms with van der Waals surface area (Å²) in [7, 11) is 0.